The SMILES string of the molecule is CCc1cnc(N)nc1N(C)Cc1cc(-c2cccnc2)no1. The van der Waals surface area contributed by atoms with Gasteiger partial charge in [-0.3, -0.25) is 4.98 Å². The Morgan fingerprint density at radius 2 is 2.17 bits per heavy atom. The summed E-state index contributed by atoms with van der Waals surface area (Å²) in [4.78, 5) is 14.4. The number of aryl methyl sites for hydroxylation is 1. The Kier molecular flexibility index (Phi) is 4.18. The first kappa shape index (κ1) is 15.0. The molecule has 0 radical (unpaired) electrons. The molecule has 0 saturated carbocycles. The molecule has 3 rings (SSSR count). The third-order valence-electron chi connectivity index (χ3n) is 3.51. The van der Waals surface area contributed by atoms with E-state index in [0.717, 1.165) is 34.8 Å². The number of aromatic nitrogens is 4. The smallest absolute Gasteiger partial charge is 0.221 e. The molecule has 0 fully saturated rings. The minimum absolute atomic E-state index is 0.262. The van der Waals surface area contributed by atoms with Crippen molar-refractivity contribution in [2.45, 2.75) is 19.9 Å². The van der Waals surface area contributed by atoms with Crippen LogP contribution in [0.5, 0.6) is 0 Å². The normalized spacial score (nSPS) is 10.7. The molecule has 3 aromatic heterocycles. The third kappa shape index (κ3) is 3.28. The highest BCUT2D eigenvalue weighted by atomic mass is 16.5. The second-order valence-corrected chi connectivity index (χ2v) is 5.21. The molecule has 0 saturated heterocycles. The minimum atomic E-state index is 0.262. The van der Waals surface area contributed by atoms with E-state index >= 15 is 0 Å². The van der Waals surface area contributed by atoms with Crippen molar-refractivity contribution in [3.8, 4) is 11.3 Å². The van der Waals surface area contributed by atoms with Crippen molar-refractivity contribution < 1.29 is 4.52 Å². The molecule has 7 heteroatoms. The van der Waals surface area contributed by atoms with Gasteiger partial charge in [0.05, 0.1) is 6.54 Å². The maximum atomic E-state index is 5.70. The highest BCUT2D eigenvalue weighted by Gasteiger charge is 2.13. The quantitative estimate of drug-likeness (QED) is 0.772. The lowest BCUT2D eigenvalue weighted by atomic mass is 10.2. The Morgan fingerprint density at radius 1 is 1.30 bits per heavy atom. The predicted molar refractivity (Wildman–Crippen MR) is 87.7 cm³/mol. The van der Waals surface area contributed by atoms with Crippen LogP contribution >= 0.6 is 0 Å². The Bertz CT molecular complexity index is 786. The fourth-order valence-electron chi connectivity index (χ4n) is 2.34. The second-order valence-electron chi connectivity index (χ2n) is 5.21. The van der Waals surface area contributed by atoms with Crippen molar-refractivity contribution in [1.82, 2.24) is 20.1 Å². The first-order valence-corrected chi connectivity index (χ1v) is 7.36. The first-order chi connectivity index (χ1) is 11.2. The second kappa shape index (κ2) is 6.43. The number of hydrogen-bond acceptors (Lipinski definition) is 7. The fourth-order valence-corrected chi connectivity index (χ4v) is 2.34. The van der Waals surface area contributed by atoms with Crippen molar-refractivity contribution in [3.63, 3.8) is 0 Å². The van der Waals surface area contributed by atoms with Gasteiger partial charge in [-0.25, -0.2) is 4.98 Å². The van der Waals surface area contributed by atoms with E-state index in [1.54, 1.807) is 18.6 Å². The molecular weight excluding hydrogens is 292 g/mol. The zero-order valence-electron chi connectivity index (χ0n) is 13.1. The van der Waals surface area contributed by atoms with Crippen LogP contribution in [-0.4, -0.2) is 27.2 Å². The maximum Gasteiger partial charge on any atom is 0.221 e. The van der Waals surface area contributed by atoms with Gasteiger partial charge in [-0.05, 0) is 18.6 Å². The highest BCUT2D eigenvalue weighted by Crippen LogP contribution is 2.22. The predicted octanol–water partition coefficient (Wildman–Crippen LogP) is 2.31. The van der Waals surface area contributed by atoms with Crippen LogP contribution in [0.2, 0.25) is 0 Å². The Balaban J connectivity index is 1.80. The number of pyridine rings is 1. The van der Waals surface area contributed by atoms with E-state index in [2.05, 4.69) is 27.0 Å². The molecule has 0 aliphatic carbocycles. The van der Waals surface area contributed by atoms with Gasteiger partial charge in [0, 0.05) is 42.8 Å². The first-order valence-electron chi connectivity index (χ1n) is 7.36. The number of hydrogen-bond donors (Lipinski definition) is 1. The summed E-state index contributed by atoms with van der Waals surface area (Å²) in [6.07, 6.45) is 6.07. The van der Waals surface area contributed by atoms with Gasteiger partial charge in [-0.15, -0.1) is 0 Å². The summed E-state index contributed by atoms with van der Waals surface area (Å²) >= 11 is 0. The lowest BCUT2D eigenvalue weighted by Gasteiger charge is -2.19. The van der Waals surface area contributed by atoms with E-state index in [1.807, 2.05) is 30.1 Å². The molecule has 0 bridgehead atoms. The average Bonchev–Trinajstić information content (AvgIpc) is 3.04. The largest absolute Gasteiger partial charge is 0.368 e. The van der Waals surface area contributed by atoms with E-state index < -0.39 is 0 Å². The topological polar surface area (TPSA) is 94.0 Å². The van der Waals surface area contributed by atoms with Crippen LogP contribution in [0.4, 0.5) is 11.8 Å². The molecule has 0 unspecified atom stereocenters. The van der Waals surface area contributed by atoms with Crippen molar-refractivity contribution >= 4 is 11.8 Å². The van der Waals surface area contributed by atoms with Gasteiger partial charge in [-0.1, -0.05) is 12.1 Å². The molecular formula is C16H18N6O. The summed E-state index contributed by atoms with van der Waals surface area (Å²) < 4.78 is 5.42. The molecule has 7 nitrogen and oxygen atoms in total. The summed E-state index contributed by atoms with van der Waals surface area (Å²) in [5, 5.41) is 4.09. The number of nitrogens with two attached hydrogens (primary N) is 1. The molecule has 2 N–H and O–H groups in total. The van der Waals surface area contributed by atoms with Crippen LogP contribution in [0.25, 0.3) is 11.3 Å². The van der Waals surface area contributed by atoms with Crippen LogP contribution < -0.4 is 10.6 Å². The molecule has 23 heavy (non-hydrogen) atoms. The Labute approximate surface area is 134 Å². The lowest BCUT2D eigenvalue weighted by molar-refractivity contribution is 0.384. The van der Waals surface area contributed by atoms with Gasteiger partial charge in [-0.2, -0.15) is 4.98 Å². The number of nitrogen functional groups attached to an aromatic ring is 1. The van der Waals surface area contributed by atoms with E-state index in [4.69, 9.17) is 10.3 Å². The fraction of sp³-hybridized carbons (Fsp3) is 0.250. The van der Waals surface area contributed by atoms with E-state index in [0.29, 0.717) is 6.54 Å². The molecule has 118 valence electrons. The average molecular weight is 310 g/mol. The zero-order valence-corrected chi connectivity index (χ0v) is 13.1. The van der Waals surface area contributed by atoms with Crippen LogP contribution in [-0.2, 0) is 13.0 Å². The van der Waals surface area contributed by atoms with Crippen molar-refractivity contribution in [1.29, 1.82) is 0 Å². The van der Waals surface area contributed by atoms with Gasteiger partial charge in [0.25, 0.3) is 0 Å². The van der Waals surface area contributed by atoms with E-state index in [1.165, 1.54) is 0 Å². The summed E-state index contributed by atoms with van der Waals surface area (Å²) in [7, 11) is 1.94. The third-order valence-corrected chi connectivity index (χ3v) is 3.51. The number of rotatable bonds is 5. The van der Waals surface area contributed by atoms with Crippen LogP contribution in [0.15, 0.2) is 41.3 Å². The van der Waals surface area contributed by atoms with Crippen molar-refractivity contribution in [3.05, 3.63) is 48.1 Å². The molecule has 0 aliphatic heterocycles. The number of nitrogens with zero attached hydrogens (tertiary/aromatic N) is 5. The molecule has 0 atom stereocenters. The Hall–Kier alpha value is -2.96. The summed E-state index contributed by atoms with van der Waals surface area (Å²) in [5.74, 6) is 1.81. The monoisotopic (exact) mass is 310 g/mol. The molecule has 0 spiro atoms. The van der Waals surface area contributed by atoms with E-state index in [9.17, 15) is 0 Å². The van der Waals surface area contributed by atoms with Crippen molar-refractivity contribution in [2.24, 2.45) is 0 Å². The summed E-state index contributed by atoms with van der Waals surface area (Å²) in [6.45, 7) is 2.60. The maximum absolute atomic E-state index is 5.70. The summed E-state index contributed by atoms with van der Waals surface area (Å²) in [6, 6.07) is 5.72. The minimum Gasteiger partial charge on any atom is -0.368 e. The van der Waals surface area contributed by atoms with E-state index in [-0.39, 0.29) is 5.95 Å². The van der Waals surface area contributed by atoms with Gasteiger partial charge in [0.15, 0.2) is 5.76 Å². The van der Waals surface area contributed by atoms with Crippen LogP contribution in [0, 0.1) is 0 Å². The molecule has 0 aliphatic rings. The molecule has 0 aromatic carbocycles. The van der Waals surface area contributed by atoms with Gasteiger partial charge < -0.3 is 15.2 Å². The standard InChI is InChI=1S/C16H18N6O/c1-3-11-9-19-16(17)20-15(11)22(2)10-13-7-14(21-23-13)12-5-4-6-18-8-12/h4-9H,3,10H2,1-2H3,(H2,17,19,20). The lowest BCUT2D eigenvalue weighted by Crippen LogP contribution is -2.20. The van der Waals surface area contributed by atoms with Crippen molar-refractivity contribution in [2.75, 3.05) is 17.7 Å². The van der Waals surface area contributed by atoms with Gasteiger partial charge in [0.1, 0.15) is 11.5 Å². The number of anilines is 2. The summed E-state index contributed by atoms with van der Waals surface area (Å²) in [5.41, 5.74) is 8.42. The van der Waals surface area contributed by atoms with Gasteiger partial charge in [0.2, 0.25) is 5.95 Å². The molecule has 3 aromatic rings. The van der Waals surface area contributed by atoms with Gasteiger partial charge >= 0.3 is 0 Å². The molecule has 3 heterocycles. The Morgan fingerprint density at radius 3 is 2.91 bits per heavy atom. The molecule has 0 amide bonds. The zero-order chi connectivity index (χ0) is 16.2. The van der Waals surface area contributed by atoms with Crippen LogP contribution in [0.1, 0.15) is 18.2 Å². The van der Waals surface area contributed by atoms with Crippen LogP contribution in [0.3, 0.4) is 0 Å². The highest BCUT2D eigenvalue weighted by molar-refractivity contribution is 5.57.